The summed E-state index contributed by atoms with van der Waals surface area (Å²) in [5.74, 6) is 1.12. The molecule has 2 heterocycles. The van der Waals surface area contributed by atoms with Crippen LogP contribution in [0.15, 0.2) is 52.2 Å². The second kappa shape index (κ2) is 9.88. The standard InChI is InChI=1S/C21H27N5O4S/c1-4-5-14-30-18-6-8-19(9-7-18)31(28,29)22-12-13-25-21(27)11-10-20(24-25)26-17(3)15-16(2)23-26/h6-11,15,22H,4-5,12-14H2,1-3H3. The molecule has 0 radical (unpaired) electrons. The molecule has 9 nitrogen and oxygen atoms in total. The Hall–Kier alpha value is -2.98. The number of aryl methyl sites for hydroxylation is 2. The number of rotatable bonds is 10. The molecule has 0 amide bonds. The first-order valence-corrected chi connectivity index (χ1v) is 11.6. The van der Waals surface area contributed by atoms with Crippen LogP contribution in [-0.2, 0) is 16.6 Å². The van der Waals surface area contributed by atoms with Gasteiger partial charge in [0.15, 0.2) is 5.82 Å². The van der Waals surface area contributed by atoms with Crippen LogP contribution in [0.3, 0.4) is 0 Å². The van der Waals surface area contributed by atoms with Gasteiger partial charge in [-0.15, -0.1) is 5.10 Å². The highest BCUT2D eigenvalue weighted by molar-refractivity contribution is 7.89. The molecule has 31 heavy (non-hydrogen) atoms. The van der Waals surface area contributed by atoms with E-state index in [1.165, 1.54) is 22.9 Å². The maximum Gasteiger partial charge on any atom is 0.266 e. The molecule has 0 spiro atoms. The third-order valence-electron chi connectivity index (χ3n) is 4.60. The van der Waals surface area contributed by atoms with Gasteiger partial charge < -0.3 is 4.74 Å². The van der Waals surface area contributed by atoms with Gasteiger partial charge in [-0.3, -0.25) is 4.79 Å². The number of sulfonamides is 1. The lowest BCUT2D eigenvalue weighted by Crippen LogP contribution is -2.32. The first kappa shape index (κ1) is 22.7. The van der Waals surface area contributed by atoms with E-state index in [2.05, 4.69) is 21.8 Å². The topological polar surface area (TPSA) is 108 Å². The third kappa shape index (κ3) is 5.80. The maximum atomic E-state index is 12.5. The molecule has 0 bridgehead atoms. The number of hydrogen-bond donors (Lipinski definition) is 1. The summed E-state index contributed by atoms with van der Waals surface area (Å²) < 4.78 is 36.0. The highest BCUT2D eigenvalue weighted by Gasteiger charge is 2.14. The van der Waals surface area contributed by atoms with E-state index in [4.69, 9.17) is 4.74 Å². The SMILES string of the molecule is CCCCOc1ccc(S(=O)(=O)NCCn2nc(-n3nc(C)cc3C)ccc2=O)cc1. The van der Waals surface area contributed by atoms with Crippen molar-refractivity contribution in [2.45, 2.75) is 45.1 Å². The van der Waals surface area contributed by atoms with Gasteiger partial charge in [0, 0.05) is 18.3 Å². The average Bonchev–Trinajstić information content (AvgIpc) is 3.08. The first-order valence-electron chi connectivity index (χ1n) is 10.1. The van der Waals surface area contributed by atoms with E-state index in [9.17, 15) is 13.2 Å². The van der Waals surface area contributed by atoms with Crippen LogP contribution in [0.25, 0.3) is 5.82 Å². The van der Waals surface area contributed by atoms with Gasteiger partial charge in [-0.2, -0.15) is 5.10 Å². The van der Waals surface area contributed by atoms with E-state index in [0.717, 1.165) is 24.2 Å². The third-order valence-corrected chi connectivity index (χ3v) is 6.07. The summed E-state index contributed by atoms with van der Waals surface area (Å²) in [5, 5.41) is 8.67. The van der Waals surface area contributed by atoms with Gasteiger partial charge in [0.05, 0.1) is 23.7 Å². The van der Waals surface area contributed by atoms with Crippen LogP contribution < -0.4 is 15.0 Å². The van der Waals surface area contributed by atoms with Crippen molar-refractivity contribution in [3.63, 3.8) is 0 Å². The van der Waals surface area contributed by atoms with Gasteiger partial charge in [0.25, 0.3) is 5.56 Å². The van der Waals surface area contributed by atoms with E-state index in [1.807, 2.05) is 19.9 Å². The van der Waals surface area contributed by atoms with Gasteiger partial charge in [-0.05, 0) is 56.7 Å². The minimum atomic E-state index is -3.72. The molecule has 0 aliphatic carbocycles. The fraction of sp³-hybridized carbons (Fsp3) is 0.381. The Labute approximate surface area is 181 Å². The lowest BCUT2D eigenvalue weighted by atomic mass is 10.3. The van der Waals surface area contributed by atoms with Crippen molar-refractivity contribution in [3.05, 3.63) is 64.2 Å². The van der Waals surface area contributed by atoms with Crippen molar-refractivity contribution in [1.29, 1.82) is 0 Å². The molecular weight excluding hydrogens is 418 g/mol. The molecule has 0 unspecified atom stereocenters. The molecule has 3 aromatic rings. The van der Waals surface area contributed by atoms with Crippen molar-refractivity contribution in [3.8, 4) is 11.6 Å². The van der Waals surface area contributed by atoms with Crippen LogP contribution in [0.4, 0.5) is 0 Å². The zero-order chi connectivity index (χ0) is 22.4. The molecule has 0 atom stereocenters. The zero-order valence-corrected chi connectivity index (χ0v) is 18.7. The van der Waals surface area contributed by atoms with E-state index < -0.39 is 10.0 Å². The minimum absolute atomic E-state index is 0.0184. The van der Waals surface area contributed by atoms with Crippen LogP contribution in [0, 0.1) is 13.8 Å². The highest BCUT2D eigenvalue weighted by atomic mass is 32.2. The molecule has 166 valence electrons. The van der Waals surface area contributed by atoms with Gasteiger partial charge in [-0.1, -0.05) is 13.3 Å². The lowest BCUT2D eigenvalue weighted by molar-refractivity contribution is 0.309. The Morgan fingerprint density at radius 2 is 1.81 bits per heavy atom. The largest absolute Gasteiger partial charge is 0.494 e. The Morgan fingerprint density at radius 1 is 1.06 bits per heavy atom. The second-order valence-corrected chi connectivity index (χ2v) is 8.93. The number of hydrogen-bond acceptors (Lipinski definition) is 6. The van der Waals surface area contributed by atoms with Crippen LogP contribution >= 0.6 is 0 Å². The monoisotopic (exact) mass is 445 g/mol. The van der Waals surface area contributed by atoms with Gasteiger partial charge in [0.2, 0.25) is 10.0 Å². The Kier molecular flexibility index (Phi) is 7.24. The second-order valence-electron chi connectivity index (χ2n) is 7.16. The van der Waals surface area contributed by atoms with Crippen molar-refractivity contribution in [1.82, 2.24) is 24.3 Å². The van der Waals surface area contributed by atoms with Crippen molar-refractivity contribution in [2.75, 3.05) is 13.2 Å². The van der Waals surface area contributed by atoms with Gasteiger partial charge in [0.1, 0.15) is 5.75 Å². The molecule has 0 aliphatic heterocycles. The summed E-state index contributed by atoms with van der Waals surface area (Å²) in [6.45, 7) is 6.54. The van der Waals surface area contributed by atoms with E-state index in [1.54, 1.807) is 22.9 Å². The number of nitrogens with zero attached hydrogens (tertiary/aromatic N) is 4. The predicted octanol–water partition coefficient (Wildman–Crippen LogP) is 2.20. The Bertz CT molecular complexity index is 1180. The minimum Gasteiger partial charge on any atom is -0.494 e. The summed E-state index contributed by atoms with van der Waals surface area (Å²) >= 11 is 0. The zero-order valence-electron chi connectivity index (χ0n) is 17.9. The maximum absolute atomic E-state index is 12.5. The van der Waals surface area contributed by atoms with Crippen LogP contribution in [0.2, 0.25) is 0 Å². The Morgan fingerprint density at radius 3 is 2.45 bits per heavy atom. The highest BCUT2D eigenvalue weighted by Crippen LogP contribution is 2.16. The smallest absolute Gasteiger partial charge is 0.266 e. The summed E-state index contributed by atoms with van der Waals surface area (Å²) in [6.07, 6.45) is 1.97. The molecule has 0 saturated carbocycles. The number of benzene rings is 1. The molecule has 10 heteroatoms. The van der Waals surface area contributed by atoms with Crippen molar-refractivity contribution in [2.24, 2.45) is 0 Å². The van der Waals surface area contributed by atoms with Crippen LogP contribution in [0.1, 0.15) is 31.2 Å². The fourth-order valence-electron chi connectivity index (χ4n) is 2.99. The number of unbranched alkanes of at least 4 members (excludes halogenated alkanes) is 1. The summed E-state index contributed by atoms with van der Waals surface area (Å²) in [6, 6.07) is 11.2. The van der Waals surface area contributed by atoms with E-state index in [-0.39, 0.29) is 23.5 Å². The molecular formula is C21H27N5O4S. The Balaban J connectivity index is 1.64. The summed E-state index contributed by atoms with van der Waals surface area (Å²) in [7, 11) is -3.72. The van der Waals surface area contributed by atoms with E-state index in [0.29, 0.717) is 18.2 Å². The van der Waals surface area contributed by atoms with Crippen LogP contribution in [0.5, 0.6) is 5.75 Å². The summed E-state index contributed by atoms with van der Waals surface area (Å²) in [4.78, 5) is 12.3. The lowest BCUT2D eigenvalue weighted by Gasteiger charge is -2.10. The number of aromatic nitrogens is 4. The molecule has 0 aliphatic rings. The average molecular weight is 446 g/mol. The molecule has 0 saturated heterocycles. The molecule has 3 rings (SSSR count). The molecule has 2 aromatic heterocycles. The van der Waals surface area contributed by atoms with E-state index >= 15 is 0 Å². The fourth-order valence-corrected chi connectivity index (χ4v) is 4.01. The predicted molar refractivity (Wildman–Crippen MR) is 117 cm³/mol. The molecule has 0 fully saturated rings. The first-order chi connectivity index (χ1) is 14.8. The van der Waals surface area contributed by atoms with Crippen molar-refractivity contribution < 1.29 is 13.2 Å². The number of ether oxygens (including phenoxy) is 1. The number of nitrogens with one attached hydrogen (secondary N) is 1. The molecule has 1 aromatic carbocycles. The quantitative estimate of drug-likeness (QED) is 0.479. The normalized spacial score (nSPS) is 11.6. The van der Waals surface area contributed by atoms with Crippen LogP contribution in [-0.4, -0.2) is 41.1 Å². The summed E-state index contributed by atoms with van der Waals surface area (Å²) in [5.41, 5.74) is 1.41. The van der Waals surface area contributed by atoms with Gasteiger partial charge >= 0.3 is 0 Å². The van der Waals surface area contributed by atoms with Gasteiger partial charge in [-0.25, -0.2) is 22.5 Å². The molecule has 1 N–H and O–H groups in total. The van der Waals surface area contributed by atoms with Crippen molar-refractivity contribution >= 4 is 10.0 Å².